The van der Waals surface area contributed by atoms with Crippen molar-refractivity contribution in [3.05, 3.63) is 35.9 Å². The Morgan fingerprint density at radius 1 is 1.42 bits per heavy atom. The van der Waals surface area contributed by atoms with Crippen LogP contribution in [0, 0.1) is 0 Å². The summed E-state index contributed by atoms with van der Waals surface area (Å²) < 4.78 is 5.47. The number of β-amino-alcohol motifs (C(OH)–C–C–N with tert-alkyl or cyclic N) is 1. The number of nitrogens with zero attached hydrogens (tertiary/aromatic N) is 1. The summed E-state index contributed by atoms with van der Waals surface area (Å²) in [6.07, 6.45) is 0.290. The molecule has 2 N–H and O–H groups in total. The second kappa shape index (κ2) is 7.11. The number of aliphatic hydroxyl groups excluding tert-OH is 1. The predicted molar refractivity (Wildman–Crippen MR) is 71.7 cm³/mol. The van der Waals surface area contributed by atoms with E-state index in [4.69, 9.17) is 4.74 Å². The number of aliphatic hydroxyl groups is 1. The number of urea groups is 1. The number of ether oxygens (including phenoxy) is 1. The van der Waals surface area contributed by atoms with Crippen molar-refractivity contribution in [1.29, 1.82) is 0 Å². The Labute approximate surface area is 113 Å². The first-order chi connectivity index (χ1) is 9.25. The third-order valence-corrected chi connectivity index (χ3v) is 3.08. The smallest absolute Gasteiger partial charge is 0.317 e. The van der Waals surface area contributed by atoms with Crippen LogP contribution in [0.2, 0.25) is 0 Å². The van der Waals surface area contributed by atoms with E-state index in [0.717, 1.165) is 5.56 Å². The highest BCUT2D eigenvalue weighted by Crippen LogP contribution is 2.08. The molecule has 0 unspecified atom stereocenters. The van der Waals surface area contributed by atoms with Crippen molar-refractivity contribution >= 4 is 6.03 Å². The molecule has 104 valence electrons. The zero-order valence-electron chi connectivity index (χ0n) is 10.9. The Balaban J connectivity index is 1.56. The van der Waals surface area contributed by atoms with Gasteiger partial charge in [-0.15, -0.1) is 0 Å². The van der Waals surface area contributed by atoms with Crippen molar-refractivity contribution in [3.8, 4) is 0 Å². The van der Waals surface area contributed by atoms with E-state index in [1.54, 1.807) is 4.90 Å². The van der Waals surface area contributed by atoms with Crippen molar-refractivity contribution in [2.24, 2.45) is 0 Å². The van der Waals surface area contributed by atoms with Crippen LogP contribution >= 0.6 is 0 Å². The van der Waals surface area contributed by atoms with Crippen molar-refractivity contribution in [3.63, 3.8) is 0 Å². The molecule has 0 bridgehead atoms. The molecule has 19 heavy (non-hydrogen) atoms. The van der Waals surface area contributed by atoms with Gasteiger partial charge in [-0.2, -0.15) is 0 Å². The number of nitrogens with one attached hydrogen (secondary N) is 1. The van der Waals surface area contributed by atoms with E-state index in [1.807, 2.05) is 30.3 Å². The number of likely N-dealkylation sites (tertiary alicyclic amines) is 1. The fourth-order valence-electron chi connectivity index (χ4n) is 2.03. The minimum atomic E-state index is -0.375. The first-order valence-corrected chi connectivity index (χ1v) is 6.58. The molecule has 1 aliphatic rings. The van der Waals surface area contributed by atoms with Gasteiger partial charge in [0.05, 0.1) is 19.3 Å². The normalized spacial score (nSPS) is 18.6. The molecule has 1 saturated heterocycles. The van der Waals surface area contributed by atoms with Gasteiger partial charge in [0, 0.05) is 19.6 Å². The molecule has 0 spiro atoms. The first-order valence-electron chi connectivity index (χ1n) is 6.58. The van der Waals surface area contributed by atoms with Crippen molar-refractivity contribution in [1.82, 2.24) is 10.2 Å². The summed E-state index contributed by atoms with van der Waals surface area (Å²) in [5.41, 5.74) is 1.12. The van der Waals surface area contributed by atoms with Crippen LogP contribution in [0.5, 0.6) is 0 Å². The highest BCUT2D eigenvalue weighted by Gasteiger charge is 2.23. The number of benzene rings is 1. The SMILES string of the molecule is O=C(NCCOCc1ccccc1)N1CC[C@@H](O)C1. The van der Waals surface area contributed by atoms with Gasteiger partial charge in [0.2, 0.25) is 0 Å². The molecule has 1 heterocycles. The van der Waals surface area contributed by atoms with Crippen LogP contribution in [-0.4, -0.2) is 48.4 Å². The minimum absolute atomic E-state index is 0.125. The van der Waals surface area contributed by atoms with Crippen molar-refractivity contribution in [2.75, 3.05) is 26.2 Å². The van der Waals surface area contributed by atoms with E-state index in [1.165, 1.54) is 0 Å². The van der Waals surface area contributed by atoms with Gasteiger partial charge in [-0.05, 0) is 12.0 Å². The van der Waals surface area contributed by atoms with Gasteiger partial charge in [0.15, 0.2) is 0 Å². The van der Waals surface area contributed by atoms with Gasteiger partial charge in [0.1, 0.15) is 0 Å². The van der Waals surface area contributed by atoms with Crippen LogP contribution < -0.4 is 5.32 Å². The topological polar surface area (TPSA) is 61.8 Å². The van der Waals surface area contributed by atoms with E-state index in [9.17, 15) is 9.90 Å². The molecule has 0 aromatic heterocycles. The molecule has 1 aromatic rings. The van der Waals surface area contributed by atoms with Crippen LogP contribution in [-0.2, 0) is 11.3 Å². The average Bonchev–Trinajstić information content (AvgIpc) is 2.86. The molecular formula is C14H20N2O3. The summed E-state index contributed by atoms with van der Waals surface area (Å²) >= 11 is 0. The largest absolute Gasteiger partial charge is 0.391 e. The number of carbonyl (C=O) groups is 1. The third-order valence-electron chi connectivity index (χ3n) is 3.08. The summed E-state index contributed by atoms with van der Waals surface area (Å²) in [7, 11) is 0. The fourth-order valence-corrected chi connectivity index (χ4v) is 2.03. The van der Waals surface area contributed by atoms with E-state index >= 15 is 0 Å². The van der Waals surface area contributed by atoms with Crippen LogP contribution in [0.25, 0.3) is 0 Å². The van der Waals surface area contributed by atoms with E-state index in [-0.39, 0.29) is 12.1 Å². The molecular weight excluding hydrogens is 244 g/mol. The summed E-state index contributed by atoms with van der Waals surface area (Å²) in [4.78, 5) is 13.3. The minimum Gasteiger partial charge on any atom is -0.391 e. The number of hydrogen-bond donors (Lipinski definition) is 2. The monoisotopic (exact) mass is 264 g/mol. The molecule has 1 aromatic carbocycles. The molecule has 0 aliphatic carbocycles. The van der Waals surface area contributed by atoms with Gasteiger partial charge in [-0.1, -0.05) is 30.3 Å². The van der Waals surface area contributed by atoms with Crippen LogP contribution in [0.1, 0.15) is 12.0 Å². The molecule has 5 heteroatoms. The number of amides is 2. The molecule has 1 atom stereocenters. The maximum Gasteiger partial charge on any atom is 0.317 e. The summed E-state index contributed by atoms with van der Waals surface area (Å²) in [5.74, 6) is 0. The quantitative estimate of drug-likeness (QED) is 0.779. The summed E-state index contributed by atoms with van der Waals surface area (Å²) in [6, 6.07) is 9.79. The zero-order chi connectivity index (χ0) is 13.5. The Hall–Kier alpha value is -1.59. The fraction of sp³-hybridized carbons (Fsp3) is 0.500. The molecule has 1 fully saturated rings. The summed E-state index contributed by atoms with van der Waals surface area (Å²) in [5, 5.41) is 12.1. The summed E-state index contributed by atoms with van der Waals surface area (Å²) in [6.45, 7) is 2.57. The molecule has 2 rings (SSSR count). The Kier molecular flexibility index (Phi) is 5.18. The average molecular weight is 264 g/mol. The zero-order valence-corrected chi connectivity index (χ0v) is 10.9. The second-order valence-electron chi connectivity index (χ2n) is 4.66. The first kappa shape index (κ1) is 13.8. The molecule has 0 radical (unpaired) electrons. The van der Waals surface area contributed by atoms with E-state index in [0.29, 0.717) is 39.3 Å². The molecule has 1 aliphatic heterocycles. The highest BCUT2D eigenvalue weighted by atomic mass is 16.5. The second-order valence-corrected chi connectivity index (χ2v) is 4.66. The van der Waals surface area contributed by atoms with Crippen molar-refractivity contribution in [2.45, 2.75) is 19.1 Å². The lowest BCUT2D eigenvalue weighted by atomic mass is 10.2. The van der Waals surface area contributed by atoms with Crippen LogP contribution in [0.4, 0.5) is 4.79 Å². The van der Waals surface area contributed by atoms with Gasteiger partial charge >= 0.3 is 6.03 Å². The van der Waals surface area contributed by atoms with Gasteiger partial charge in [0.25, 0.3) is 0 Å². The lowest BCUT2D eigenvalue weighted by Gasteiger charge is -2.16. The van der Waals surface area contributed by atoms with Crippen molar-refractivity contribution < 1.29 is 14.6 Å². The van der Waals surface area contributed by atoms with E-state index in [2.05, 4.69) is 5.32 Å². The number of carbonyl (C=O) groups excluding carboxylic acids is 1. The maximum absolute atomic E-state index is 11.7. The van der Waals surface area contributed by atoms with E-state index < -0.39 is 0 Å². The van der Waals surface area contributed by atoms with Crippen LogP contribution in [0.3, 0.4) is 0 Å². The third kappa shape index (κ3) is 4.54. The number of hydrogen-bond acceptors (Lipinski definition) is 3. The van der Waals surface area contributed by atoms with Gasteiger partial charge in [-0.3, -0.25) is 0 Å². The standard InChI is InChI=1S/C14H20N2O3/c17-13-6-8-16(10-13)14(18)15-7-9-19-11-12-4-2-1-3-5-12/h1-5,13,17H,6-11H2,(H,15,18)/t13-/m1/s1. The molecule has 5 nitrogen and oxygen atoms in total. The lowest BCUT2D eigenvalue weighted by molar-refractivity contribution is 0.121. The highest BCUT2D eigenvalue weighted by molar-refractivity contribution is 5.74. The van der Waals surface area contributed by atoms with Gasteiger partial charge < -0.3 is 20.1 Å². The molecule has 2 amide bonds. The molecule has 0 saturated carbocycles. The lowest BCUT2D eigenvalue weighted by Crippen LogP contribution is -2.40. The Bertz CT molecular complexity index is 397. The van der Waals surface area contributed by atoms with Crippen LogP contribution in [0.15, 0.2) is 30.3 Å². The number of rotatable bonds is 5. The Morgan fingerprint density at radius 2 is 2.21 bits per heavy atom. The van der Waals surface area contributed by atoms with Gasteiger partial charge in [-0.25, -0.2) is 4.79 Å². The Morgan fingerprint density at radius 3 is 2.89 bits per heavy atom. The predicted octanol–water partition coefficient (Wildman–Crippen LogP) is 0.979. The maximum atomic E-state index is 11.7.